The molecule has 34 heavy (non-hydrogen) atoms. The van der Waals surface area contributed by atoms with E-state index in [9.17, 15) is 4.79 Å². The van der Waals surface area contributed by atoms with Gasteiger partial charge in [0.1, 0.15) is 12.2 Å². The zero-order valence-corrected chi connectivity index (χ0v) is 20.1. The molecular formula is C27H30ClN3O3. The molecule has 0 N–H and O–H groups in total. The Labute approximate surface area is 205 Å². The van der Waals surface area contributed by atoms with Gasteiger partial charge < -0.3 is 14.4 Å². The van der Waals surface area contributed by atoms with E-state index >= 15 is 0 Å². The van der Waals surface area contributed by atoms with Crippen LogP contribution in [-0.2, 0) is 0 Å². The summed E-state index contributed by atoms with van der Waals surface area (Å²) < 4.78 is 11.8. The standard InChI is InChI=1S/C27H30ClN3O3/c28-22-11-10-20-18-21(31-14-6-7-15-31)19-29-26(20)25(22)27(32)34-24-9-3-2-8-23(24)33-17-16-30-12-4-1-5-13-30/h2-3,8-11,18-19H,1,4-7,12-17H2. The van der Waals surface area contributed by atoms with Crippen molar-refractivity contribution in [3.8, 4) is 11.5 Å². The number of hydrogen-bond donors (Lipinski definition) is 0. The molecule has 0 aliphatic carbocycles. The van der Waals surface area contributed by atoms with Gasteiger partial charge in [0.05, 0.1) is 22.4 Å². The van der Waals surface area contributed by atoms with Gasteiger partial charge in [0, 0.05) is 25.0 Å². The number of carbonyl (C=O) groups excluding carboxylic acids is 1. The number of nitrogens with zero attached hydrogens (tertiary/aromatic N) is 3. The average Bonchev–Trinajstić information content (AvgIpc) is 3.40. The third kappa shape index (κ3) is 5.13. The fourth-order valence-electron chi connectivity index (χ4n) is 4.78. The highest BCUT2D eigenvalue weighted by atomic mass is 35.5. The van der Waals surface area contributed by atoms with Crippen molar-refractivity contribution >= 4 is 34.2 Å². The van der Waals surface area contributed by atoms with E-state index in [1.165, 1.54) is 32.1 Å². The van der Waals surface area contributed by atoms with E-state index in [1.54, 1.807) is 12.1 Å². The lowest BCUT2D eigenvalue weighted by Gasteiger charge is -2.26. The highest BCUT2D eigenvalue weighted by Crippen LogP contribution is 2.32. The molecule has 178 valence electrons. The Hall–Kier alpha value is -2.83. The molecule has 0 radical (unpaired) electrons. The first kappa shape index (κ1) is 22.9. The SMILES string of the molecule is O=C(Oc1ccccc1OCCN1CCCCC1)c1c(Cl)ccc2cc(N3CCCC3)cnc12. The minimum absolute atomic E-state index is 0.273. The van der Waals surface area contributed by atoms with Crippen LogP contribution in [0.4, 0.5) is 5.69 Å². The summed E-state index contributed by atoms with van der Waals surface area (Å²) in [7, 11) is 0. The van der Waals surface area contributed by atoms with Crippen LogP contribution in [0.1, 0.15) is 42.5 Å². The Morgan fingerprint density at radius 1 is 0.941 bits per heavy atom. The van der Waals surface area contributed by atoms with Crippen molar-refractivity contribution in [2.24, 2.45) is 0 Å². The summed E-state index contributed by atoms with van der Waals surface area (Å²) in [6, 6.07) is 13.0. The number of para-hydroxylation sites is 2. The number of hydrogen-bond acceptors (Lipinski definition) is 6. The maximum absolute atomic E-state index is 13.2. The molecule has 0 bridgehead atoms. The maximum atomic E-state index is 13.2. The molecule has 3 aromatic rings. The molecule has 2 fully saturated rings. The molecular weight excluding hydrogens is 450 g/mol. The van der Waals surface area contributed by atoms with Gasteiger partial charge in [-0.05, 0) is 63.0 Å². The number of rotatable bonds is 7. The summed E-state index contributed by atoms with van der Waals surface area (Å²) in [5.74, 6) is 0.394. The number of fused-ring (bicyclic) bond motifs is 1. The molecule has 0 unspecified atom stereocenters. The molecule has 2 saturated heterocycles. The Morgan fingerprint density at radius 2 is 1.68 bits per heavy atom. The van der Waals surface area contributed by atoms with Crippen molar-refractivity contribution in [2.75, 3.05) is 44.2 Å². The molecule has 2 aromatic carbocycles. The summed E-state index contributed by atoms with van der Waals surface area (Å²) in [6.07, 6.45) is 7.99. The van der Waals surface area contributed by atoms with Gasteiger partial charge in [0.25, 0.3) is 0 Å². The number of carbonyl (C=O) groups is 1. The molecule has 5 rings (SSSR count). The Kier molecular flexibility index (Phi) is 7.16. The van der Waals surface area contributed by atoms with Gasteiger partial charge in [0.15, 0.2) is 11.5 Å². The van der Waals surface area contributed by atoms with Gasteiger partial charge in [0.2, 0.25) is 0 Å². The van der Waals surface area contributed by atoms with Crippen molar-refractivity contribution < 1.29 is 14.3 Å². The molecule has 2 aliphatic heterocycles. The molecule has 0 amide bonds. The van der Waals surface area contributed by atoms with E-state index < -0.39 is 5.97 Å². The molecule has 7 heteroatoms. The molecule has 0 atom stereocenters. The van der Waals surface area contributed by atoms with Crippen molar-refractivity contribution in [1.82, 2.24) is 9.88 Å². The van der Waals surface area contributed by atoms with Crippen molar-refractivity contribution in [1.29, 1.82) is 0 Å². The van der Waals surface area contributed by atoms with Crippen molar-refractivity contribution in [3.05, 3.63) is 59.2 Å². The minimum atomic E-state index is -0.538. The fourth-order valence-corrected chi connectivity index (χ4v) is 5.01. The van der Waals surface area contributed by atoms with Crippen LogP contribution in [-0.4, -0.2) is 55.2 Å². The molecule has 2 aliphatic rings. The van der Waals surface area contributed by atoms with Crippen LogP contribution < -0.4 is 14.4 Å². The Bertz CT molecular complexity index is 1160. The number of pyridine rings is 1. The van der Waals surface area contributed by atoms with Crippen LogP contribution in [0.3, 0.4) is 0 Å². The fraction of sp³-hybridized carbons (Fsp3) is 0.407. The van der Waals surface area contributed by atoms with E-state index in [2.05, 4.69) is 20.9 Å². The van der Waals surface area contributed by atoms with Gasteiger partial charge in [-0.25, -0.2) is 4.79 Å². The number of ether oxygens (including phenoxy) is 2. The lowest BCUT2D eigenvalue weighted by atomic mass is 10.1. The lowest BCUT2D eigenvalue weighted by Crippen LogP contribution is -2.33. The van der Waals surface area contributed by atoms with Crippen LogP contribution >= 0.6 is 11.6 Å². The number of piperidine rings is 1. The average molecular weight is 480 g/mol. The van der Waals surface area contributed by atoms with Gasteiger partial charge in [-0.2, -0.15) is 0 Å². The largest absolute Gasteiger partial charge is 0.488 e. The van der Waals surface area contributed by atoms with Crippen molar-refractivity contribution in [2.45, 2.75) is 32.1 Å². The zero-order chi connectivity index (χ0) is 23.3. The predicted octanol–water partition coefficient (Wildman–Crippen LogP) is 5.57. The van der Waals surface area contributed by atoms with E-state index in [1.807, 2.05) is 30.5 Å². The van der Waals surface area contributed by atoms with Gasteiger partial charge in [-0.3, -0.25) is 9.88 Å². The summed E-state index contributed by atoms with van der Waals surface area (Å²) in [6.45, 7) is 5.71. The Balaban J connectivity index is 1.33. The smallest absolute Gasteiger partial charge is 0.347 e. The lowest BCUT2D eigenvalue weighted by molar-refractivity contribution is 0.0729. The highest BCUT2D eigenvalue weighted by molar-refractivity contribution is 6.35. The number of anilines is 1. The van der Waals surface area contributed by atoms with Gasteiger partial charge in [-0.1, -0.05) is 36.2 Å². The van der Waals surface area contributed by atoms with Crippen LogP contribution in [0, 0.1) is 0 Å². The second-order valence-corrected chi connectivity index (χ2v) is 9.38. The van der Waals surface area contributed by atoms with Gasteiger partial charge in [-0.15, -0.1) is 0 Å². The molecule has 0 saturated carbocycles. The summed E-state index contributed by atoms with van der Waals surface area (Å²) in [5, 5.41) is 1.19. The first-order chi connectivity index (χ1) is 16.7. The summed E-state index contributed by atoms with van der Waals surface area (Å²) >= 11 is 6.45. The van der Waals surface area contributed by atoms with Crippen LogP contribution in [0.25, 0.3) is 10.9 Å². The van der Waals surface area contributed by atoms with E-state index in [0.29, 0.717) is 28.6 Å². The number of esters is 1. The number of likely N-dealkylation sites (tertiary alicyclic amines) is 1. The van der Waals surface area contributed by atoms with Crippen LogP contribution in [0.15, 0.2) is 48.7 Å². The van der Waals surface area contributed by atoms with Crippen LogP contribution in [0.5, 0.6) is 11.5 Å². The monoisotopic (exact) mass is 479 g/mol. The van der Waals surface area contributed by atoms with Crippen molar-refractivity contribution in [3.63, 3.8) is 0 Å². The third-order valence-electron chi connectivity index (χ3n) is 6.63. The molecule has 3 heterocycles. The molecule has 6 nitrogen and oxygen atoms in total. The second kappa shape index (κ2) is 10.6. The summed E-state index contributed by atoms with van der Waals surface area (Å²) in [5.41, 5.74) is 1.89. The third-order valence-corrected chi connectivity index (χ3v) is 6.94. The first-order valence-electron chi connectivity index (χ1n) is 12.2. The summed E-state index contributed by atoms with van der Waals surface area (Å²) in [4.78, 5) is 22.6. The quantitative estimate of drug-likeness (QED) is 0.326. The predicted molar refractivity (Wildman–Crippen MR) is 135 cm³/mol. The topological polar surface area (TPSA) is 54.9 Å². The van der Waals surface area contributed by atoms with Crippen LogP contribution in [0.2, 0.25) is 5.02 Å². The number of benzene rings is 2. The minimum Gasteiger partial charge on any atom is -0.488 e. The van der Waals surface area contributed by atoms with E-state index in [4.69, 9.17) is 21.1 Å². The first-order valence-corrected chi connectivity index (χ1v) is 12.6. The molecule has 0 spiro atoms. The van der Waals surface area contributed by atoms with E-state index in [-0.39, 0.29) is 5.56 Å². The van der Waals surface area contributed by atoms with E-state index in [0.717, 1.165) is 43.8 Å². The number of halogens is 1. The highest BCUT2D eigenvalue weighted by Gasteiger charge is 2.21. The maximum Gasteiger partial charge on any atom is 0.347 e. The normalized spacial score (nSPS) is 16.7. The Morgan fingerprint density at radius 3 is 2.47 bits per heavy atom. The molecule has 1 aromatic heterocycles. The zero-order valence-electron chi connectivity index (χ0n) is 19.3. The number of aromatic nitrogens is 1. The van der Waals surface area contributed by atoms with Gasteiger partial charge >= 0.3 is 5.97 Å². The second-order valence-electron chi connectivity index (χ2n) is 8.97.